The summed E-state index contributed by atoms with van der Waals surface area (Å²) >= 11 is 0. The number of benzene rings is 2. The van der Waals surface area contributed by atoms with Crippen molar-refractivity contribution in [2.75, 3.05) is 0 Å². The van der Waals surface area contributed by atoms with Gasteiger partial charge in [-0.2, -0.15) is 0 Å². The highest BCUT2D eigenvalue weighted by atomic mass is 16.3. The molecular formula is C34H50O2. The Bertz CT molecular complexity index is 821. The molecule has 2 fully saturated rings. The second kappa shape index (κ2) is 13.5. The first-order valence-corrected chi connectivity index (χ1v) is 15.2. The number of hydrogen-bond donors (Lipinski definition) is 2. The van der Waals surface area contributed by atoms with Gasteiger partial charge in [0.2, 0.25) is 0 Å². The van der Waals surface area contributed by atoms with Crippen LogP contribution in [0.3, 0.4) is 0 Å². The molecule has 2 aromatic carbocycles. The maximum atomic E-state index is 9.85. The first kappa shape index (κ1) is 27.1. The lowest BCUT2D eigenvalue weighted by Gasteiger charge is -2.42. The van der Waals surface area contributed by atoms with Crippen LogP contribution in [0.2, 0.25) is 0 Å². The molecule has 0 radical (unpaired) electrons. The van der Waals surface area contributed by atoms with Crippen molar-refractivity contribution in [3.05, 3.63) is 59.7 Å². The smallest absolute Gasteiger partial charge is 0.115 e. The molecule has 0 spiro atoms. The van der Waals surface area contributed by atoms with Crippen LogP contribution in [0.1, 0.15) is 127 Å². The summed E-state index contributed by atoms with van der Waals surface area (Å²) in [5.41, 5.74) is 2.59. The molecule has 36 heavy (non-hydrogen) atoms. The van der Waals surface area contributed by atoms with Crippen molar-refractivity contribution in [1.29, 1.82) is 0 Å². The van der Waals surface area contributed by atoms with Crippen molar-refractivity contribution in [3.63, 3.8) is 0 Å². The molecule has 0 aliphatic heterocycles. The topological polar surface area (TPSA) is 40.5 Å². The average Bonchev–Trinajstić information content (AvgIpc) is 2.91. The molecule has 2 aliphatic rings. The molecule has 0 amide bonds. The minimum Gasteiger partial charge on any atom is -0.508 e. The molecule has 198 valence electrons. The van der Waals surface area contributed by atoms with Crippen molar-refractivity contribution in [2.45, 2.75) is 121 Å². The first-order chi connectivity index (χ1) is 17.6. The molecule has 0 saturated heterocycles. The normalized spacial score (nSPS) is 22.5. The fourth-order valence-electron chi connectivity index (χ4n) is 7.26. The number of hydrogen-bond acceptors (Lipinski definition) is 2. The largest absolute Gasteiger partial charge is 0.508 e. The summed E-state index contributed by atoms with van der Waals surface area (Å²) in [4.78, 5) is 0. The van der Waals surface area contributed by atoms with Crippen LogP contribution >= 0.6 is 0 Å². The van der Waals surface area contributed by atoms with E-state index in [2.05, 4.69) is 31.2 Å². The summed E-state index contributed by atoms with van der Waals surface area (Å²) in [6, 6.07) is 15.7. The van der Waals surface area contributed by atoms with Crippen molar-refractivity contribution in [3.8, 4) is 11.5 Å². The van der Waals surface area contributed by atoms with Crippen molar-refractivity contribution < 1.29 is 10.2 Å². The van der Waals surface area contributed by atoms with Crippen LogP contribution < -0.4 is 0 Å². The van der Waals surface area contributed by atoms with E-state index < -0.39 is 0 Å². The van der Waals surface area contributed by atoms with Gasteiger partial charge >= 0.3 is 0 Å². The fourth-order valence-corrected chi connectivity index (χ4v) is 7.26. The lowest BCUT2D eigenvalue weighted by molar-refractivity contribution is 0.208. The van der Waals surface area contributed by atoms with Crippen molar-refractivity contribution >= 4 is 0 Å². The first-order valence-electron chi connectivity index (χ1n) is 15.2. The lowest BCUT2D eigenvalue weighted by atomic mass is 9.62. The summed E-state index contributed by atoms with van der Waals surface area (Å²) in [5.74, 6) is 3.48. The quantitative estimate of drug-likeness (QED) is 0.291. The zero-order chi connectivity index (χ0) is 25.2. The van der Waals surface area contributed by atoms with E-state index >= 15 is 0 Å². The van der Waals surface area contributed by atoms with E-state index in [0.29, 0.717) is 11.5 Å². The Kier molecular flexibility index (Phi) is 10.2. The summed E-state index contributed by atoms with van der Waals surface area (Å²) in [6.07, 6.45) is 23.6. The molecule has 0 heterocycles. The van der Waals surface area contributed by atoms with Gasteiger partial charge in [-0.25, -0.2) is 0 Å². The van der Waals surface area contributed by atoms with Crippen LogP contribution in [0.5, 0.6) is 11.5 Å². The lowest BCUT2D eigenvalue weighted by Crippen LogP contribution is -2.33. The van der Waals surface area contributed by atoms with Crippen LogP contribution in [0.25, 0.3) is 0 Å². The monoisotopic (exact) mass is 490 g/mol. The van der Waals surface area contributed by atoms with Gasteiger partial charge in [0.25, 0.3) is 0 Å². The number of aromatic hydroxyl groups is 2. The summed E-state index contributed by atoms with van der Waals surface area (Å²) < 4.78 is 0. The Morgan fingerprint density at radius 1 is 0.556 bits per heavy atom. The molecule has 0 unspecified atom stereocenters. The van der Waals surface area contributed by atoms with Gasteiger partial charge in [-0.3, -0.25) is 0 Å². The SMILES string of the molecule is CCCCCCCC[C@H]1CC[C@H](CCC2CCC(c3ccc(O)cc3)(c3ccc(O)cc3)CC2)CC1. The van der Waals surface area contributed by atoms with Gasteiger partial charge in [-0.15, -0.1) is 0 Å². The predicted molar refractivity (Wildman–Crippen MR) is 152 cm³/mol. The Balaban J connectivity index is 1.23. The van der Waals surface area contributed by atoms with E-state index in [-0.39, 0.29) is 5.41 Å². The second-order valence-electron chi connectivity index (χ2n) is 12.1. The average molecular weight is 491 g/mol. The third kappa shape index (κ3) is 7.30. The highest BCUT2D eigenvalue weighted by Gasteiger charge is 2.38. The molecule has 0 aromatic heterocycles. The van der Waals surface area contributed by atoms with Gasteiger partial charge in [0, 0.05) is 5.41 Å². The molecule has 2 aromatic rings. The number of phenols is 2. The minimum absolute atomic E-state index is 0.00744. The number of rotatable bonds is 12. The molecular weight excluding hydrogens is 440 g/mol. The number of unbranched alkanes of at least 4 members (excludes halogenated alkanes) is 5. The molecule has 4 rings (SSSR count). The predicted octanol–water partition coefficient (Wildman–Crippen LogP) is 9.91. The van der Waals surface area contributed by atoms with Crippen LogP contribution in [-0.4, -0.2) is 10.2 Å². The molecule has 0 atom stereocenters. The molecule has 2 nitrogen and oxygen atoms in total. The van der Waals surface area contributed by atoms with Crippen LogP contribution in [0.15, 0.2) is 48.5 Å². The Morgan fingerprint density at radius 3 is 1.47 bits per heavy atom. The highest BCUT2D eigenvalue weighted by molar-refractivity contribution is 5.43. The molecule has 2 aliphatic carbocycles. The van der Waals surface area contributed by atoms with Crippen LogP contribution in [0, 0.1) is 17.8 Å². The van der Waals surface area contributed by atoms with E-state index in [1.54, 1.807) is 0 Å². The van der Waals surface area contributed by atoms with E-state index in [1.807, 2.05) is 24.3 Å². The van der Waals surface area contributed by atoms with Gasteiger partial charge in [-0.1, -0.05) is 115 Å². The second-order valence-corrected chi connectivity index (χ2v) is 12.1. The molecule has 2 N–H and O–H groups in total. The zero-order valence-electron chi connectivity index (χ0n) is 22.8. The van der Waals surface area contributed by atoms with Crippen molar-refractivity contribution in [1.82, 2.24) is 0 Å². The van der Waals surface area contributed by atoms with Crippen molar-refractivity contribution in [2.24, 2.45) is 17.8 Å². The third-order valence-electron chi connectivity index (χ3n) is 9.71. The van der Waals surface area contributed by atoms with E-state index in [1.165, 1.54) is 107 Å². The minimum atomic E-state index is -0.00744. The molecule has 2 heteroatoms. The van der Waals surface area contributed by atoms with E-state index in [9.17, 15) is 10.2 Å². The molecule has 2 saturated carbocycles. The third-order valence-corrected chi connectivity index (χ3v) is 9.71. The summed E-state index contributed by atoms with van der Waals surface area (Å²) in [6.45, 7) is 2.30. The zero-order valence-corrected chi connectivity index (χ0v) is 22.8. The highest BCUT2D eigenvalue weighted by Crippen LogP contribution is 2.48. The summed E-state index contributed by atoms with van der Waals surface area (Å²) in [5, 5.41) is 19.7. The van der Waals surface area contributed by atoms with Gasteiger partial charge in [0.15, 0.2) is 0 Å². The van der Waals surface area contributed by atoms with Gasteiger partial charge < -0.3 is 10.2 Å². The maximum Gasteiger partial charge on any atom is 0.115 e. The fraction of sp³-hybridized carbons (Fsp3) is 0.647. The van der Waals surface area contributed by atoms with Gasteiger partial charge in [0.05, 0.1) is 0 Å². The Morgan fingerprint density at radius 2 is 0.972 bits per heavy atom. The van der Waals surface area contributed by atoms with Gasteiger partial charge in [0.1, 0.15) is 11.5 Å². The van der Waals surface area contributed by atoms with E-state index in [0.717, 1.165) is 30.6 Å². The Labute approximate surface area is 220 Å². The summed E-state index contributed by atoms with van der Waals surface area (Å²) in [7, 11) is 0. The van der Waals surface area contributed by atoms with Crippen LogP contribution in [-0.2, 0) is 5.41 Å². The van der Waals surface area contributed by atoms with E-state index in [4.69, 9.17) is 0 Å². The molecule has 0 bridgehead atoms. The van der Waals surface area contributed by atoms with Crippen LogP contribution in [0.4, 0.5) is 0 Å². The number of phenolic OH excluding ortho intramolecular Hbond substituents is 2. The Hall–Kier alpha value is -1.96. The standard InChI is InChI=1S/C34H50O2/c1-2-3-4-5-6-7-8-27-9-11-28(12-10-27)13-14-29-23-25-34(26-24-29,30-15-19-32(35)20-16-30)31-17-21-33(36)22-18-31/h15-22,27-29,35-36H,2-14,23-26H2,1H3/t27-,28-. The maximum absolute atomic E-state index is 9.85. The van der Waals surface area contributed by atoms with Gasteiger partial charge in [-0.05, 0) is 78.8 Å².